The van der Waals surface area contributed by atoms with Crippen LogP contribution in [-0.4, -0.2) is 5.11 Å². The molecule has 0 unspecified atom stereocenters. The molecule has 0 heterocycles. The highest BCUT2D eigenvalue weighted by Crippen LogP contribution is 2.03. The summed E-state index contributed by atoms with van der Waals surface area (Å²) in [6.45, 7) is 8.88. The van der Waals surface area contributed by atoms with E-state index in [2.05, 4.69) is 13.2 Å². The first-order valence-corrected chi connectivity index (χ1v) is 2.91. The van der Waals surface area contributed by atoms with Crippen molar-refractivity contribution in [1.82, 2.24) is 0 Å². The van der Waals surface area contributed by atoms with E-state index >= 15 is 0 Å². The maximum Gasteiger partial charge on any atom is 0.108 e. The van der Waals surface area contributed by atoms with Crippen molar-refractivity contribution in [3.8, 4) is 0 Å². The summed E-state index contributed by atoms with van der Waals surface area (Å²) in [5.41, 5.74) is 1.00. The molecule has 1 heteroatoms. The van der Waals surface area contributed by atoms with Crippen LogP contribution in [0.3, 0.4) is 0 Å². The van der Waals surface area contributed by atoms with Crippen LogP contribution in [0.1, 0.15) is 13.3 Å². The van der Waals surface area contributed by atoms with E-state index in [-0.39, 0.29) is 5.76 Å². The second kappa shape index (κ2) is 3.96. The van der Waals surface area contributed by atoms with Crippen LogP contribution >= 0.6 is 0 Å². The molecule has 0 bridgehead atoms. The summed E-state index contributed by atoms with van der Waals surface area (Å²) in [4.78, 5) is 0. The van der Waals surface area contributed by atoms with E-state index in [4.69, 9.17) is 5.11 Å². The fourth-order valence-electron chi connectivity index (χ4n) is 0.519. The van der Waals surface area contributed by atoms with Gasteiger partial charge in [0.1, 0.15) is 5.76 Å². The summed E-state index contributed by atoms with van der Waals surface area (Å²) in [5, 5.41) is 8.67. The van der Waals surface area contributed by atoms with Crippen LogP contribution in [0.4, 0.5) is 0 Å². The van der Waals surface area contributed by atoms with E-state index in [1.807, 2.05) is 6.92 Å². The van der Waals surface area contributed by atoms with Gasteiger partial charge in [0.15, 0.2) is 0 Å². The van der Waals surface area contributed by atoms with Crippen LogP contribution in [0, 0.1) is 0 Å². The molecule has 0 radical (unpaired) electrons. The van der Waals surface area contributed by atoms with Gasteiger partial charge in [-0.1, -0.05) is 26.2 Å². The van der Waals surface area contributed by atoms with E-state index < -0.39 is 0 Å². The van der Waals surface area contributed by atoms with E-state index in [1.54, 1.807) is 12.2 Å². The van der Waals surface area contributed by atoms with E-state index in [0.29, 0.717) is 0 Å². The quantitative estimate of drug-likeness (QED) is 0.453. The molecule has 0 aliphatic rings. The van der Waals surface area contributed by atoms with Crippen LogP contribution in [0.2, 0.25) is 0 Å². The van der Waals surface area contributed by atoms with Crippen molar-refractivity contribution in [2.24, 2.45) is 0 Å². The molecule has 0 saturated carbocycles. The molecule has 0 aliphatic carbocycles. The summed E-state index contributed by atoms with van der Waals surface area (Å²) in [5.74, 6) is 0.0896. The highest BCUT2D eigenvalue weighted by molar-refractivity contribution is 5.23. The number of allylic oxidation sites excluding steroid dienone is 3. The fourth-order valence-corrected chi connectivity index (χ4v) is 0.519. The Morgan fingerprint density at radius 1 is 1.67 bits per heavy atom. The van der Waals surface area contributed by atoms with Gasteiger partial charge in [-0.05, 0) is 18.1 Å². The monoisotopic (exact) mass is 124 g/mol. The van der Waals surface area contributed by atoms with Gasteiger partial charge in [-0.3, -0.25) is 0 Å². The molecule has 0 rings (SSSR count). The van der Waals surface area contributed by atoms with Crippen LogP contribution < -0.4 is 0 Å². The molecule has 1 nitrogen and oxygen atoms in total. The van der Waals surface area contributed by atoms with Crippen LogP contribution in [0.25, 0.3) is 0 Å². The summed E-state index contributed by atoms with van der Waals surface area (Å²) in [6, 6.07) is 0. The minimum Gasteiger partial charge on any atom is -0.509 e. The Morgan fingerprint density at radius 2 is 2.22 bits per heavy atom. The number of aliphatic hydroxyl groups is 1. The molecular formula is C8H12O. The lowest BCUT2D eigenvalue weighted by molar-refractivity contribution is 0.434. The molecule has 0 aromatic carbocycles. The molecule has 0 aliphatic heterocycles. The van der Waals surface area contributed by atoms with Crippen LogP contribution in [-0.2, 0) is 0 Å². The molecule has 0 aromatic rings. The predicted molar refractivity (Wildman–Crippen MR) is 40.3 cm³/mol. The third kappa shape index (κ3) is 3.59. The van der Waals surface area contributed by atoms with Crippen molar-refractivity contribution in [2.75, 3.05) is 0 Å². The molecule has 1 N–H and O–H groups in total. The average molecular weight is 124 g/mol. The molecule has 0 amide bonds. The van der Waals surface area contributed by atoms with E-state index in [1.165, 1.54) is 0 Å². The summed E-state index contributed by atoms with van der Waals surface area (Å²) in [7, 11) is 0. The second-order valence-electron chi connectivity index (χ2n) is 1.77. The second-order valence-corrected chi connectivity index (χ2v) is 1.77. The first-order chi connectivity index (χ1) is 4.20. The van der Waals surface area contributed by atoms with Crippen LogP contribution in [0.15, 0.2) is 36.6 Å². The number of hydrogen-bond donors (Lipinski definition) is 1. The summed E-state index contributed by atoms with van der Waals surface area (Å²) in [6.07, 6.45) is 4.19. The van der Waals surface area contributed by atoms with Gasteiger partial charge in [-0.2, -0.15) is 0 Å². The van der Waals surface area contributed by atoms with Crippen molar-refractivity contribution < 1.29 is 5.11 Å². The Morgan fingerprint density at radius 3 is 2.33 bits per heavy atom. The lowest BCUT2D eigenvalue weighted by Crippen LogP contribution is -1.75. The largest absolute Gasteiger partial charge is 0.509 e. The van der Waals surface area contributed by atoms with Gasteiger partial charge in [0.2, 0.25) is 0 Å². The molecule has 0 spiro atoms. The highest BCUT2D eigenvalue weighted by atomic mass is 16.3. The fraction of sp³-hybridized carbons (Fsp3) is 0.250. The van der Waals surface area contributed by atoms with Gasteiger partial charge in [0.25, 0.3) is 0 Å². The highest BCUT2D eigenvalue weighted by Gasteiger charge is 1.85. The predicted octanol–water partition coefficient (Wildman–Crippen LogP) is 2.58. The van der Waals surface area contributed by atoms with Gasteiger partial charge in [-0.25, -0.2) is 0 Å². The summed E-state index contributed by atoms with van der Waals surface area (Å²) >= 11 is 0. The lowest BCUT2D eigenvalue weighted by Gasteiger charge is -1.93. The van der Waals surface area contributed by atoms with Gasteiger partial charge in [0, 0.05) is 0 Å². The van der Waals surface area contributed by atoms with Crippen molar-refractivity contribution in [1.29, 1.82) is 0 Å². The van der Waals surface area contributed by atoms with Crippen molar-refractivity contribution in [3.63, 3.8) is 0 Å². The molecule has 0 aromatic heterocycles. The first-order valence-electron chi connectivity index (χ1n) is 2.91. The molecule has 50 valence electrons. The SMILES string of the molecule is C=C/C(=C\C(=C)O)CC. The zero-order valence-corrected chi connectivity index (χ0v) is 5.72. The van der Waals surface area contributed by atoms with Gasteiger partial charge in [0.05, 0.1) is 0 Å². The Bertz CT molecular complexity index is 143. The Hall–Kier alpha value is -0.980. The van der Waals surface area contributed by atoms with Crippen molar-refractivity contribution in [2.45, 2.75) is 13.3 Å². The van der Waals surface area contributed by atoms with Gasteiger partial charge in [-0.15, -0.1) is 0 Å². The van der Waals surface area contributed by atoms with E-state index in [0.717, 1.165) is 12.0 Å². The average Bonchev–Trinajstić information content (AvgIpc) is 1.82. The normalized spacial score (nSPS) is 11.0. The van der Waals surface area contributed by atoms with E-state index in [9.17, 15) is 0 Å². The zero-order chi connectivity index (χ0) is 7.28. The Labute approximate surface area is 56.0 Å². The lowest BCUT2D eigenvalue weighted by atomic mass is 10.2. The van der Waals surface area contributed by atoms with Gasteiger partial charge >= 0.3 is 0 Å². The van der Waals surface area contributed by atoms with Crippen molar-refractivity contribution in [3.05, 3.63) is 36.6 Å². The minimum atomic E-state index is 0.0896. The zero-order valence-electron chi connectivity index (χ0n) is 5.72. The maximum absolute atomic E-state index is 8.67. The smallest absolute Gasteiger partial charge is 0.108 e. The Balaban J connectivity index is 4.07. The molecule has 0 atom stereocenters. The third-order valence-corrected chi connectivity index (χ3v) is 1.02. The minimum absolute atomic E-state index is 0.0896. The standard InChI is InChI=1S/C8H12O/c1-4-8(5-2)6-7(3)9/h4,6,9H,1,3,5H2,2H3/b8-6+. The number of hydrogen-bond acceptors (Lipinski definition) is 1. The molecule has 0 fully saturated rings. The van der Waals surface area contributed by atoms with Gasteiger partial charge < -0.3 is 5.11 Å². The number of aliphatic hydroxyl groups excluding tert-OH is 1. The molecule has 9 heavy (non-hydrogen) atoms. The third-order valence-electron chi connectivity index (χ3n) is 1.02. The molecule has 0 saturated heterocycles. The maximum atomic E-state index is 8.67. The van der Waals surface area contributed by atoms with Crippen molar-refractivity contribution >= 4 is 0 Å². The summed E-state index contributed by atoms with van der Waals surface area (Å²) < 4.78 is 0. The molecular weight excluding hydrogens is 112 g/mol. The first kappa shape index (κ1) is 8.02. The number of rotatable bonds is 3. The van der Waals surface area contributed by atoms with Crippen LogP contribution in [0.5, 0.6) is 0 Å². The Kier molecular flexibility index (Phi) is 3.52. The topological polar surface area (TPSA) is 20.2 Å².